The van der Waals surface area contributed by atoms with Gasteiger partial charge >= 0.3 is 0 Å². The van der Waals surface area contributed by atoms with E-state index in [1.165, 1.54) is 12.2 Å². The molecule has 0 bridgehead atoms. The summed E-state index contributed by atoms with van der Waals surface area (Å²) in [4.78, 5) is 29.9. The van der Waals surface area contributed by atoms with E-state index in [0.29, 0.717) is 25.7 Å². The third-order valence-electron chi connectivity index (χ3n) is 3.00. The van der Waals surface area contributed by atoms with Crippen molar-refractivity contribution in [1.82, 2.24) is 10.2 Å². The van der Waals surface area contributed by atoms with E-state index >= 15 is 0 Å². The fourth-order valence-corrected chi connectivity index (χ4v) is 1.67. The van der Waals surface area contributed by atoms with Crippen LogP contribution in [0.2, 0.25) is 0 Å². The van der Waals surface area contributed by atoms with Gasteiger partial charge in [0.2, 0.25) is 5.91 Å². The molecule has 0 aromatic rings. The molecule has 0 radical (unpaired) electrons. The minimum Gasteiger partial charge on any atom is -0.336 e. The summed E-state index contributed by atoms with van der Waals surface area (Å²) in [6.07, 6.45) is 2.75. The lowest BCUT2D eigenvalue weighted by Crippen LogP contribution is -2.39. The van der Waals surface area contributed by atoms with E-state index in [9.17, 15) is 9.59 Å². The van der Waals surface area contributed by atoms with Gasteiger partial charge in [0.25, 0.3) is 0 Å². The summed E-state index contributed by atoms with van der Waals surface area (Å²) in [7, 11) is 0. The molecule has 0 rings (SSSR count). The van der Waals surface area contributed by atoms with Crippen molar-refractivity contribution in [3.05, 3.63) is 12.2 Å². The van der Waals surface area contributed by atoms with Gasteiger partial charge in [0.05, 0.1) is 6.54 Å². The average molecular weight is 309 g/mol. The van der Waals surface area contributed by atoms with Gasteiger partial charge < -0.3 is 10.2 Å². The number of ketones is 1. The topological polar surface area (TPSA) is 61.8 Å². The number of carbonyl (C=O) groups is 2. The Kier molecular flexibility index (Phi) is 10.4. The van der Waals surface area contributed by atoms with Gasteiger partial charge in [-0.2, -0.15) is 0 Å². The molecule has 1 N–H and O–H groups in total. The van der Waals surface area contributed by atoms with E-state index < -0.39 is 0 Å². The highest BCUT2D eigenvalue weighted by Crippen LogP contribution is 1.98. The summed E-state index contributed by atoms with van der Waals surface area (Å²) in [5.74, 6) is -0.257. The molecule has 0 aliphatic carbocycles. The maximum Gasteiger partial charge on any atom is 0.246 e. The minimum absolute atomic E-state index is 0.0315. The van der Waals surface area contributed by atoms with Crippen LogP contribution in [0.3, 0.4) is 0 Å². The van der Waals surface area contributed by atoms with E-state index in [2.05, 4.69) is 24.2 Å². The van der Waals surface area contributed by atoms with Gasteiger partial charge in [-0.25, -0.2) is 0 Å². The predicted molar refractivity (Wildman–Crippen MR) is 92.4 cm³/mol. The second-order valence-electron chi connectivity index (χ2n) is 6.15. The van der Waals surface area contributed by atoms with Crippen molar-refractivity contribution in [3.63, 3.8) is 0 Å². The molecular weight excluding hydrogens is 278 g/mol. The number of nitrogens with one attached hydrogen (secondary N) is 1. The maximum atomic E-state index is 12.2. The molecule has 5 nitrogen and oxygen atoms in total. The summed E-state index contributed by atoms with van der Waals surface area (Å²) in [5.41, 5.74) is 0.998. The lowest BCUT2D eigenvalue weighted by molar-refractivity contribution is -0.126. The van der Waals surface area contributed by atoms with Crippen LogP contribution < -0.4 is 5.32 Å². The number of hydrogen-bond donors (Lipinski definition) is 1. The molecule has 0 saturated heterocycles. The zero-order valence-corrected chi connectivity index (χ0v) is 14.8. The van der Waals surface area contributed by atoms with Crippen molar-refractivity contribution >= 4 is 17.4 Å². The highest BCUT2D eigenvalue weighted by atomic mass is 16.2. The number of carbonyl (C=O) groups excluding carboxylic acids is 2. The molecule has 1 amide bonds. The highest BCUT2D eigenvalue weighted by molar-refractivity contribution is 5.98. The third-order valence-corrected chi connectivity index (χ3v) is 3.00. The van der Waals surface area contributed by atoms with Crippen LogP contribution in [0.5, 0.6) is 0 Å². The van der Waals surface area contributed by atoms with Gasteiger partial charge in [-0.1, -0.05) is 27.7 Å². The van der Waals surface area contributed by atoms with Crippen LogP contribution in [0.25, 0.3) is 0 Å². The van der Waals surface area contributed by atoms with Crippen molar-refractivity contribution < 1.29 is 9.59 Å². The SMILES string of the molecule is CC(C)=NCCN(CCNC(C)C)C(=O)C=CC(=O)C(C)C. The summed E-state index contributed by atoms with van der Waals surface area (Å²) in [6.45, 7) is 14.1. The molecule has 126 valence electrons. The minimum atomic E-state index is -0.136. The highest BCUT2D eigenvalue weighted by Gasteiger charge is 2.11. The first-order valence-electron chi connectivity index (χ1n) is 7.96. The van der Waals surface area contributed by atoms with E-state index in [-0.39, 0.29) is 17.6 Å². The van der Waals surface area contributed by atoms with Gasteiger partial charge in [0.1, 0.15) is 0 Å². The molecule has 0 aliphatic rings. The molecule has 5 heteroatoms. The molecule has 0 saturated carbocycles. The average Bonchev–Trinajstić information content (AvgIpc) is 2.41. The van der Waals surface area contributed by atoms with Crippen LogP contribution in [0.15, 0.2) is 17.1 Å². The maximum absolute atomic E-state index is 12.2. The van der Waals surface area contributed by atoms with Gasteiger partial charge in [-0.3, -0.25) is 14.6 Å². The Morgan fingerprint density at radius 3 is 2.23 bits per heavy atom. The summed E-state index contributed by atoms with van der Waals surface area (Å²) in [6, 6.07) is 0.380. The normalized spacial score (nSPS) is 11.3. The van der Waals surface area contributed by atoms with Crippen molar-refractivity contribution in [2.45, 2.75) is 47.6 Å². The Bertz CT molecular complexity index is 408. The molecule has 0 unspecified atom stereocenters. The second kappa shape index (κ2) is 11.1. The largest absolute Gasteiger partial charge is 0.336 e. The van der Waals surface area contributed by atoms with Crippen molar-refractivity contribution in [3.8, 4) is 0 Å². The predicted octanol–water partition coefficient (Wildman–Crippen LogP) is 2.08. The molecule has 22 heavy (non-hydrogen) atoms. The number of nitrogens with zero attached hydrogens (tertiary/aromatic N) is 2. The van der Waals surface area contributed by atoms with Gasteiger partial charge in [0, 0.05) is 43.4 Å². The van der Waals surface area contributed by atoms with Crippen LogP contribution in [0.1, 0.15) is 41.5 Å². The molecule has 0 fully saturated rings. The van der Waals surface area contributed by atoms with Crippen molar-refractivity contribution in [2.75, 3.05) is 26.2 Å². The molecule has 0 heterocycles. The number of hydrogen-bond acceptors (Lipinski definition) is 4. The van der Waals surface area contributed by atoms with Gasteiger partial charge in [-0.15, -0.1) is 0 Å². The van der Waals surface area contributed by atoms with Crippen LogP contribution >= 0.6 is 0 Å². The van der Waals surface area contributed by atoms with E-state index in [1.807, 2.05) is 27.7 Å². The van der Waals surface area contributed by atoms with Crippen LogP contribution in [0.4, 0.5) is 0 Å². The Balaban J connectivity index is 4.62. The van der Waals surface area contributed by atoms with Gasteiger partial charge in [0.15, 0.2) is 5.78 Å². The summed E-state index contributed by atoms with van der Waals surface area (Å²) >= 11 is 0. The Morgan fingerprint density at radius 2 is 1.73 bits per heavy atom. The molecule has 0 spiro atoms. The molecule has 0 aromatic carbocycles. The van der Waals surface area contributed by atoms with Crippen molar-refractivity contribution in [2.24, 2.45) is 10.9 Å². The van der Waals surface area contributed by atoms with Crippen molar-refractivity contribution in [1.29, 1.82) is 0 Å². The molecular formula is C17H31N3O2. The zero-order valence-electron chi connectivity index (χ0n) is 14.8. The smallest absolute Gasteiger partial charge is 0.246 e. The first kappa shape index (κ1) is 20.5. The lowest BCUT2D eigenvalue weighted by atomic mass is 10.1. The van der Waals surface area contributed by atoms with Crippen LogP contribution in [-0.2, 0) is 9.59 Å². The number of rotatable bonds is 10. The van der Waals surface area contributed by atoms with Gasteiger partial charge in [-0.05, 0) is 19.9 Å². The third kappa shape index (κ3) is 10.3. The first-order chi connectivity index (χ1) is 10.2. The van der Waals surface area contributed by atoms with Crippen LogP contribution in [0, 0.1) is 5.92 Å². The quantitative estimate of drug-likeness (QED) is 0.496. The summed E-state index contributed by atoms with van der Waals surface area (Å²) < 4.78 is 0. The standard InChI is InChI=1S/C17H31N3O2/c1-13(2)16(21)7-8-17(22)20(11-9-18-14(3)4)12-10-19-15(5)6/h7-8,13-14,18H,9-12H2,1-6H3. The fraction of sp³-hybridized carbons (Fsp3) is 0.706. The molecule has 0 aliphatic heterocycles. The molecule has 0 aromatic heterocycles. The number of amides is 1. The first-order valence-corrected chi connectivity index (χ1v) is 7.96. The monoisotopic (exact) mass is 309 g/mol. The van der Waals surface area contributed by atoms with E-state index in [1.54, 1.807) is 4.90 Å². The Hall–Kier alpha value is -1.49. The van der Waals surface area contributed by atoms with Crippen LogP contribution in [-0.4, -0.2) is 54.5 Å². The zero-order chi connectivity index (χ0) is 17.1. The molecule has 0 atom stereocenters. The number of allylic oxidation sites excluding steroid dienone is 1. The fourth-order valence-electron chi connectivity index (χ4n) is 1.67. The number of aliphatic imine (C=N–C) groups is 1. The Labute approximate surface area is 134 Å². The van der Waals surface area contributed by atoms with E-state index in [4.69, 9.17) is 0 Å². The summed E-state index contributed by atoms with van der Waals surface area (Å²) in [5, 5.41) is 3.29. The van der Waals surface area contributed by atoms with E-state index in [0.717, 1.165) is 12.3 Å². The Morgan fingerprint density at radius 1 is 1.09 bits per heavy atom. The second-order valence-corrected chi connectivity index (χ2v) is 6.15. The lowest BCUT2D eigenvalue weighted by Gasteiger charge is -2.21.